The van der Waals surface area contributed by atoms with E-state index in [9.17, 15) is 0 Å². The highest BCUT2D eigenvalue weighted by molar-refractivity contribution is 5.25. The fourth-order valence-corrected chi connectivity index (χ4v) is 1.80. The summed E-state index contributed by atoms with van der Waals surface area (Å²) in [5.74, 6) is 1.64. The third-order valence-corrected chi connectivity index (χ3v) is 2.56. The highest BCUT2D eigenvalue weighted by Crippen LogP contribution is 2.26. The molecule has 0 saturated carbocycles. The van der Waals surface area contributed by atoms with Crippen LogP contribution in [0.25, 0.3) is 0 Å². The fourth-order valence-electron chi connectivity index (χ4n) is 1.80. The molecule has 3 nitrogen and oxygen atoms in total. The molecule has 66 valence electrons. The van der Waals surface area contributed by atoms with Crippen LogP contribution in [-0.4, -0.2) is 5.16 Å². The maximum Gasteiger partial charge on any atom is 0.153 e. The van der Waals surface area contributed by atoms with E-state index in [2.05, 4.69) is 12.1 Å². The lowest BCUT2D eigenvalue weighted by atomic mass is 9.88. The Morgan fingerprint density at radius 2 is 2.50 bits per heavy atom. The quantitative estimate of drug-likeness (QED) is 0.683. The Bertz CT molecular complexity index is 267. The van der Waals surface area contributed by atoms with E-state index in [-0.39, 0.29) is 0 Å². The van der Waals surface area contributed by atoms with Crippen LogP contribution >= 0.6 is 0 Å². The summed E-state index contributed by atoms with van der Waals surface area (Å²) in [5, 5.41) is 4.01. The van der Waals surface area contributed by atoms with Gasteiger partial charge in [-0.25, -0.2) is 0 Å². The molecule has 2 N–H and O–H groups in total. The van der Waals surface area contributed by atoms with Gasteiger partial charge in [0.05, 0.1) is 12.2 Å². The lowest BCUT2D eigenvalue weighted by molar-refractivity contribution is 0.378. The third-order valence-electron chi connectivity index (χ3n) is 2.56. The maximum atomic E-state index is 5.53. The molecular formula is C9H14N2O. The molecule has 0 aromatic carbocycles. The molecule has 0 spiro atoms. The van der Waals surface area contributed by atoms with Crippen molar-refractivity contribution < 1.29 is 4.52 Å². The van der Waals surface area contributed by atoms with Crippen LogP contribution in [0.1, 0.15) is 30.4 Å². The zero-order chi connectivity index (χ0) is 8.55. The van der Waals surface area contributed by atoms with Crippen molar-refractivity contribution in [1.82, 2.24) is 5.16 Å². The van der Waals surface area contributed by atoms with Crippen molar-refractivity contribution in [3.8, 4) is 0 Å². The smallest absolute Gasteiger partial charge is 0.153 e. The van der Waals surface area contributed by atoms with Gasteiger partial charge in [0.1, 0.15) is 0 Å². The van der Waals surface area contributed by atoms with Crippen molar-refractivity contribution in [2.45, 2.75) is 32.7 Å². The number of nitrogens with zero attached hydrogens (tertiary/aromatic N) is 1. The van der Waals surface area contributed by atoms with E-state index in [4.69, 9.17) is 10.3 Å². The fraction of sp³-hybridized carbons (Fsp3) is 0.667. The summed E-state index contributed by atoms with van der Waals surface area (Å²) in [6, 6.07) is 0. The molecule has 2 rings (SSSR count). The van der Waals surface area contributed by atoms with Gasteiger partial charge in [-0.3, -0.25) is 0 Å². The number of hydrogen-bond acceptors (Lipinski definition) is 3. The first kappa shape index (κ1) is 7.80. The second kappa shape index (κ2) is 2.90. The Kier molecular flexibility index (Phi) is 1.89. The van der Waals surface area contributed by atoms with Gasteiger partial charge in [0.25, 0.3) is 0 Å². The van der Waals surface area contributed by atoms with Gasteiger partial charge in [-0.15, -0.1) is 0 Å². The SMILES string of the molecule is CC1CCc2noc(CN)c2C1. The molecule has 0 aliphatic heterocycles. The molecule has 1 aromatic rings. The monoisotopic (exact) mass is 166 g/mol. The third kappa shape index (κ3) is 1.14. The van der Waals surface area contributed by atoms with Crippen LogP contribution < -0.4 is 5.73 Å². The summed E-state index contributed by atoms with van der Waals surface area (Å²) in [6.45, 7) is 2.74. The van der Waals surface area contributed by atoms with Crippen LogP contribution in [-0.2, 0) is 19.4 Å². The number of aryl methyl sites for hydroxylation is 1. The highest BCUT2D eigenvalue weighted by atomic mass is 16.5. The van der Waals surface area contributed by atoms with E-state index in [1.54, 1.807) is 0 Å². The second-order valence-corrected chi connectivity index (χ2v) is 3.58. The minimum atomic E-state index is 0.481. The van der Waals surface area contributed by atoms with Gasteiger partial charge in [0.15, 0.2) is 5.76 Å². The predicted octanol–water partition coefficient (Wildman–Crippen LogP) is 1.26. The van der Waals surface area contributed by atoms with Crippen LogP contribution in [0.2, 0.25) is 0 Å². The summed E-state index contributed by atoms with van der Waals surface area (Å²) >= 11 is 0. The molecule has 0 fully saturated rings. The van der Waals surface area contributed by atoms with Crippen molar-refractivity contribution in [1.29, 1.82) is 0 Å². The summed E-state index contributed by atoms with van der Waals surface area (Å²) < 4.78 is 5.14. The number of aromatic nitrogens is 1. The minimum absolute atomic E-state index is 0.481. The maximum absolute atomic E-state index is 5.53. The van der Waals surface area contributed by atoms with E-state index in [1.807, 2.05) is 0 Å². The number of hydrogen-bond donors (Lipinski definition) is 1. The number of nitrogens with two attached hydrogens (primary N) is 1. The van der Waals surface area contributed by atoms with E-state index >= 15 is 0 Å². The van der Waals surface area contributed by atoms with Gasteiger partial charge in [-0.1, -0.05) is 12.1 Å². The van der Waals surface area contributed by atoms with E-state index in [0.717, 1.165) is 30.2 Å². The van der Waals surface area contributed by atoms with Gasteiger partial charge in [-0.05, 0) is 25.2 Å². The first-order chi connectivity index (χ1) is 5.81. The van der Waals surface area contributed by atoms with Crippen LogP contribution in [0, 0.1) is 5.92 Å². The molecule has 1 aromatic heterocycles. The zero-order valence-electron chi connectivity index (χ0n) is 7.34. The average molecular weight is 166 g/mol. The van der Waals surface area contributed by atoms with Gasteiger partial charge in [-0.2, -0.15) is 0 Å². The van der Waals surface area contributed by atoms with Crippen molar-refractivity contribution in [3.05, 3.63) is 17.0 Å². The molecule has 1 aliphatic rings. The standard InChI is InChI=1S/C9H14N2O/c1-6-2-3-8-7(4-6)9(5-10)12-11-8/h6H,2-5,10H2,1H3. The van der Waals surface area contributed by atoms with Crippen LogP contribution in [0.15, 0.2) is 4.52 Å². The molecule has 3 heteroatoms. The van der Waals surface area contributed by atoms with Crippen molar-refractivity contribution in [2.24, 2.45) is 11.7 Å². The Morgan fingerprint density at radius 3 is 3.25 bits per heavy atom. The summed E-state index contributed by atoms with van der Waals surface area (Å²) in [6.07, 6.45) is 3.37. The summed E-state index contributed by atoms with van der Waals surface area (Å²) in [7, 11) is 0. The van der Waals surface area contributed by atoms with Gasteiger partial charge < -0.3 is 10.3 Å². The van der Waals surface area contributed by atoms with Crippen LogP contribution in [0.4, 0.5) is 0 Å². The van der Waals surface area contributed by atoms with Gasteiger partial charge >= 0.3 is 0 Å². The molecule has 1 heterocycles. The summed E-state index contributed by atoms with van der Waals surface area (Å²) in [4.78, 5) is 0. The highest BCUT2D eigenvalue weighted by Gasteiger charge is 2.21. The topological polar surface area (TPSA) is 52.0 Å². The number of rotatable bonds is 1. The van der Waals surface area contributed by atoms with Crippen LogP contribution in [0.3, 0.4) is 0 Å². The molecular weight excluding hydrogens is 152 g/mol. The largest absolute Gasteiger partial charge is 0.359 e. The Hall–Kier alpha value is -0.830. The van der Waals surface area contributed by atoms with Crippen molar-refractivity contribution in [2.75, 3.05) is 0 Å². The zero-order valence-corrected chi connectivity index (χ0v) is 7.34. The van der Waals surface area contributed by atoms with E-state index in [1.165, 1.54) is 12.0 Å². The summed E-state index contributed by atoms with van der Waals surface area (Å²) in [5.41, 5.74) is 7.94. The molecule has 1 atom stereocenters. The lowest BCUT2D eigenvalue weighted by Gasteiger charge is -2.16. The van der Waals surface area contributed by atoms with Crippen molar-refractivity contribution in [3.63, 3.8) is 0 Å². The molecule has 0 saturated heterocycles. The first-order valence-electron chi connectivity index (χ1n) is 4.47. The average Bonchev–Trinajstić information content (AvgIpc) is 2.46. The normalized spacial score (nSPS) is 22.3. The second-order valence-electron chi connectivity index (χ2n) is 3.58. The number of fused-ring (bicyclic) bond motifs is 1. The molecule has 1 aliphatic carbocycles. The molecule has 12 heavy (non-hydrogen) atoms. The molecule has 1 unspecified atom stereocenters. The molecule has 0 bridgehead atoms. The van der Waals surface area contributed by atoms with Gasteiger partial charge in [0, 0.05) is 5.56 Å². The Labute approximate surface area is 71.9 Å². The van der Waals surface area contributed by atoms with Crippen molar-refractivity contribution >= 4 is 0 Å². The minimum Gasteiger partial charge on any atom is -0.359 e. The van der Waals surface area contributed by atoms with Crippen LogP contribution in [0.5, 0.6) is 0 Å². The first-order valence-corrected chi connectivity index (χ1v) is 4.47. The predicted molar refractivity (Wildman–Crippen MR) is 45.6 cm³/mol. The lowest BCUT2D eigenvalue weighted by Crippen LogP contribution is -2.12. The van der Waals surface area contributed by atoms with Gasteiger partial charge in [0.2, 0.25) is 0 Å². The molecule has 0 amide bonds. The van der Waals surface area contributed by atoms with E-state index in [0.29, 0.717) is 6.54 Å². The van der Waals surface area contributed by atoms with E-state index < -0.39 is 0 Å². The Morgan fingerprint density at radius 1 is 1.67 bits per heavy atom. The Balaban J connectivity index is 2.34. The molecule has 0 radical (unpaired) electrons.